The van der Waals surface area contributed by atoms with Gasteiger partial charge in [-0.1, -0.05) is 277 Å². The molecule has 0 aromatic carbocycles. The average Bonchev–Trinajstić information content (AvgIpc) is 0.766. The quantitative estimate of drug-likeness (QED) is 0.0199. The second-order valence-corrected chi connectivity index (χ2v) is 27.8. The van der Waals surface area contributed by atoms with E-state index in [1.807, 2.05) is 6.08 Å². The van der Waals surface area contributed by atoms with Crippen LogP contribution in [0.4, 0.5) is 0 Å². The number of carbonyl (C=O) groups excluding carboxylic acids is 1. The summed E-state index contributed by atoms with van der Waals surface area (Å²) in [5.41, 5.74) is 0. The van der Waals surface area contributed by atoms with Crippen molar-refractivity contribution in [2.75, 3.05) is 26.4 Å². The van der Waals surface area contributed by atoms with Crippen molar-refractivity contribution in [3.05, 3.63) is 122 Å². The minimum absolute atomic E-state index is 0.211. The van der Waals surface area contributed by atoms with Crippen molar-refractivity contribution in [3.8, 4) is 0 Å². The molecule has 586 valence electrons. The van der Waals surface area contributed by atoms with Gasteiger partial charge in [-0.05, 0) is 103 Å². The molecule has 17 unspecified atom stereocenters. The Morgan fingerprint density at radius 3 is 1.10 bits per heavy atom. The molecule has 0 saturated carbocycles. The molecule has 0 bridgehead atoms. The van der Waals surface area contributed by atoms with E-state index >= 15 is 0 Å². The van der Waals surface area contributed by atoms with Crippen LogP contribution < -0.4 is 5.32 Å². The van der Waals surface area contributed by atoms with Gasteiger partial charge in [0.05, 0.1) is 38.6 Å². The second kappa shape index (κ2) is 62.3. The van der Waals surface area contributed by atoms with Crippen molar-refractivity contribution in [1.82, 2.24) is 5.32 Å². The number of allylic oxidation sites excluding steroid dienone is 19. The fourth-order valence-corrected chi connectivity index (χ4v) is 12.6. The Kier molecular flexibility index (Phi) is 56.4. The summed E-state index contributed by atoms with van der Waals surface area (Å²) in [7, 11) is 0. The first-order valence-corrected chi connectivity index (χ1v) is 39.8. The largest absolute Gasteiger partial charge is 0.394 e. The third-order valence-electron chi connectivity index (χ3n) is 19.0. The van der Waals surface area contributed by atoms with E-state index in [0.29, 0.717) is 12.8 Å². The molecule has 3 aliphatic heterocycles. The minimum atomic E-state index is -1.99. The van der Waals surface area contributed by atoms with E-state index in [9.17, 15) is 61.0 Å². The SMILES string of the molecule is CC/C=C\C/C=C\C/C=C\C/C=C\C/C=C\C/C=C\C/C=C\CCCCCCCCCC(=O)NC(COC1OC(CO)C(OC2OC(CO)C(OC3OC(CO)C(O)C(O)C3O)C(O)C2O)C(O)C1O)C(O)/C=C/CC/C=C/CC/C=C/CCCCCCCCCCCCCCCCCCCC. The smallest absolute Gasteiger partial charge is 0.220 e. The van der Waals surface area contributed by atoms with Gasteiger partial charge in [0.2, 0.25) is 5.91 Å². The van der Waals surface area contributed by atoms with Crippen LogP contribution in [0.5, 0.6) is 0 Å². The molecule has 1 amide bonds. The van der Waals surface area contributed by atoms with Crippen molar-refractivity contribution in [3.63, 3.8) is 0 Å². The van der Waals surface area contributed by atoms with Crippen LogP contribution in [-0.2, 0) is 33.2 Å². The van der Waals surface area contributed by atoms with Gasteiger partial charge in [-0.15, -0.1) is 0 Å². The zero-order valence-electron chi connectivity index (χ0n) is 62.5. The number of hydrogen-bond acceptors (Lipinski definition) is 18. The molecule has 12 N–H and O–H groups in total. The Bertz CT molecular complexity index is 2320. The first-order chi connectivity index (χ1) is 49.8. The van der Waals surface area contributed by atoms with Gasteiger partial charge in [0.25, 0.3) is 0 Å². The highest BCUT2D eigenvalue weighted by Gasteiger charge is 2.53. The maximum Gasteiger partial charge on any atom is 0.220 e. The van der Waals surface area contributed by atoms with Crippen LogP contribution in [-0.4, -0.2) is 193 Å². The van der Waals surface area contributed by atoms with E-state index in [4.69, 9.17) is 28.4 Å². The lowest BCUT2D eigenvalue weighted by atomic mass is 9.96. The van der Waals surface area contributed by atoms with Gasteiger partial charge < -0.3 is 89.9 Å². The lowest BCUT2D eigenvalue weighted by molar-refractivity contribution is -0.379. The van der Waals surface area contributed by atoms with E-state index in [1.54, 1.807) is 6.08 Å². The van der Waals surface area contributed by atoms with E-state index in [1.165, 1.54) is 116 Å². The Morgan fingerprint density at radius 1 is 0.363 bits per heavy atom. The molecule has 102 heavy (non-hydrogen) atoms. The van der Waals surface area contributed by atoms with Crippen LogP contribution in [0.2, 0.25) is 0 Å². The summed E-state index contributed by atoms with van der Waals surface area (Å²) in [5, 5.41) is 121. The summed E-state index contributed by atoms with van der Waals surface area (Å²) in [6.07, 6.45) is 60.3. The van der Waals surface area contributed by atoms with Crippen molar-refractivity contribution in [2.24, 2.45) is 0 Å². The standard InChI is InChI=1S/C83H141NO18/c1-3-5-7-9-11-13-15-17-19-21-23-25-27-29-31-33-35-37-39-41-43-45-47-49-51-53-55-57-59-61-71(89)84-66(67(88)60-58-56-54-52-50-48-46-44-42-40-38-36-34-32-30-28-26-24-22-20-18-16-14-12-10-8-6-4-2)65-97-81-77(95)74(92)79(69(63-86)99-81)102-83-78(96)75(93)80(70(64-87)100-83)101-82-76(94)73(91)72(90)68(62-85)98-82/h5,7,11,13,17,19,23,25,29,31,35,37,41-44,50,52,58,60,66-70,72-83,85-88,90-96H,3-4,6,8-10,12,14-16,18,20-22,24,26-28,30,32-34,36,38-40,45-49,51,53-57,59,61-65H2,1-2H3,(H,84,89)/b7-5-,13-11-,19-17-,25-23-,31-29-,37-35-,43-41-,44-42+,52-50+,60-58+. The fraction of sp³-hybridized carbons (Fsp3) is 0.747. The Labute approximate surface area is 614 Å². The maximum absolute atomic E-state index is 13.5. The van der Waals surface area contributed by atoms with Gasteiger partial charge in [0.1, 0.15) is 73.2 Å². The summed E-state index contributed by atoms with van der Waals surface area (Å²) in [6.45, 7) is 1.60. The van der Waals surface area contributed by atoms with Gasteiger partial charge in [-0.2, -0.15) is 0 Å². The molecule has 3 aliphatic rings. The van der Waals surface area contributed by atoms with E-state index in [0.717, 1.165) is 116 Å². The number of aliphatic hydroxyl groups is 11. The third-order valence-corrected chi connectivity index (χ3v) is 19.0. The average molecular weight is 1440 g/mol. The zero-order valence-corrected chi connectivity index (χ0v) is 62.5. The number of carbonyl (C=O) groups is 1. The highest BCUT2D eigenvalue weighted by atomic mass is 16.8. The van der Waals surface area contributed by atoms with Crippen molar-refractivity contribution in [1.29, 1.82) is 0 Å². The molecule has 0 aromatic heterocycles. The normalized spacial score (nSPS) is 26.9. The second-order valence-electron chi connectivity index (χ2n) is 27.8. The molecular formula is C83H141NO18. The molecule has 3 heterocycles. The molecule has 0 spiro atoms. The van der Waals surface area contributed by atoms with Crippen LogP contribution in [0.15, 0.2) is 122 Å². The number of unbranched alkanes of at least 4 members (excludes halogenated alkanes) is 27. The maximum atomic E-state index is 13.5. The number of amides is 1. The number of aliphatic hydroxyl groups excluding tert-OH is 11. The van der Waals surface area contributed by atoms with Crippen LogP contribution >= 0.6 is 0 Å². The molecule has 19 heteroatoms. The number of ether oxygens (including phenoxy) is 6. The predicted octanol–water partition coefficient (Wildman–Crippen LogP) is 13.1. The molecule has 0 aliphatic carbocycles. The molecular weight excluding hydrogens is 1300 g/mol. The van der Waals surface area contributed by atoms with Crippen molar-refractivity contribution >= 4 is 5.91 Å². The van der Waals surface area contributed by atoms with Crippen LogP contribution in [0.25, 0.3) is 0 Å². The summed E-state index contributed by atoms with van der Waals surface area (Å²) in [5.74, 6) is -0.304. The monoisotopic (exact) mass is 1440 g/mol. The predicted molar refractivity (Wildman–Crippen MR) is 406 cm³/mol. The summed E-state index contributed by atoms with van der Waals surface area (Å²) in [4.78, 5) is 13.5. The Morgan fingerprint density at radius 2 is 0.686 bits per heavy atom. The van der Waals surface area contributed by atoms with E-state index < -0.39 is 124 Å². The fourth-order valence-electron chi connectivity index (χ4n) is 12.6. The summed E-state index contributed by atoms with van der Waals surface area (Å²) in [6, 6.07) is -1.01. The van der Waals surface area contributed by atoms with Gasteiger partial charge in [-0.3, -0.25) is 4.79 Å². The van der Waals surface area contributed by atoms with Gasteiger partial charge >= 0.3 is 0 Å². The van der Waals surface area contributed by atoms with Crippen molar-refractivity contribution in [2.45, 2.75) is 369 Å². The minimum Gasteiger partial charge on any atom is -0.394 e. The zero-order chi connectivity index (χ0) is 73.9. The number of hydrogen-bond donors (Lipinski definition) is 12. The van der Waals surface area contributed by atoms with Gasteiger partial charge in [0.15, 0.2) is 18.9 Å². The lowest BCUT2D eigenvalue weighted by Gasteiger charge is -2.48. The first-order valence-electron chi connectivity index (χ1n) is 39.8. The highest BCUT2D eigenvalue weighted by Crippen LogP contribution is 2.33. The molecule has 17 atom stereocenters. The van der Waals surface area contributed by atoms with Crippen LogP contribution in [0, 0.1) is 0 Å². The topological polar surface area (TPSA) is 307 Å². The van der Waals surface area contributed by atoms with Crippen LogP contribution in [0.1, 0.15) is 264 Å². The van der Waals surface area contributed by atoms with E-state index in [-0.39, 0.29) is 18.9 Å². The summed E-state index contributed by atoms with van der Waals surface area (Å²) >= 11 is 0. The first kappa shape index (κ1) is 92.4. The molecule has 0 aromatic rings. The third kappa shape index (κ3) is 41.9. The molecule has 3 rings (SSSR count). The lowest BCUT2D eigenvalue weighted by Crippen LogP contribution is -2.66. The summed E-state index contributed by atoms with van der Waals surface area (Å²) < 4.78 is 34.4. The highest BCUT2D eigenvalue weighted by molar-refractivity contribution is 5.76. The number of nitrogens with one attached hydrogen (secondary N) is 1. The van der Waals surface area contributed by atoms with E-state index in [2.05, 4.69) is 129 Å². The molecule has 3 saturated heterocycles. The molecule has 0 radical (unpaired) electrons. The number of rotatable bonds is 61. The Balaban J connectivity index is 1.42. The van der Waals surface area contributed by atoms with Crippen LogP contribution in [0.3, 0.4) is 0 Å². The van der Waals surface area contributed by atoms with Crippen molar-refractivity contribution < 1.29 is 89.4 Å². The molecule has 3 fully saturated rings. The van der Waals surface area contributed by atoms with Gasteiger partial charge in [0, 0.05) is 6.42 Å². The van der Waals surface area contributed by atoms with Gasteiger partial charge in [-0.25, -0.2) is 0 Å². The molecule has 19 nitrogen and oxygen atoms in total. The Hall–Kier alpha value is -3.81.